The number of carbonyl (C=O) groups is 1. The third-order valence-corrected chi connectivity index (χ3v) is 5.66. The number of hydrogen-bond acceptors (Lipinski definition) is 2. The molecule has 0 bridgehead atoms. The van der Waals surface area contributed by atoms with Crippen molar-refractivity contribution in [1.82, 2.24) is 5.32 Å². The Morgan fingerprint density at radius 2 is 1.49 bits per heavy atom. The fraction of sp³-hybridized carbons (Fsp3) is 0.269. The van der Waals surface area contributed by atoms with E-state index in [1.807, 2.05) is 0 Å². The van der Waals surface area contributed by atoms with Gasteiger partial charge in [-0.3, -0.25) is 4.79 Å². The predicted molar refractivity (Wildman–Crippen MR) is 119 cm³/mol. The van der Waals surface area contributed by atoms with Crippen LogP contribution in [0.1, 0.15) is 35.1 Å². The van der Waals surface area contributed by atoms with Crippen LogP contribution in [-0.4, -0.2) is 19.2 Å². The maximum Gasteiger partial charge on any atom is 0.416 e. The summed E-state index contributed by atoms with van der Waals surface area (Å²) in [5.74, 6) is -3.62. The molecule has 0 aliphatic heterocycles. The van der Waals surface area contributed by atoms with Gasteiger partial charge in [-0.05, 0) is 47.0 Å². The van der Waals surface area contributed by atoms with Crippen molar-refractivity contribution in [3.05, 3.63) is 101 Å². The Balaban J connectivity index is 2.30. The molecule has 0 radical (unpaired) electrons. The summed E-state index contributed by atoms with van der Waals surface area (Å²) in [6, 6.07) is 12.8. The van der Waals surface area contributed by atoms with Gasteiger partial charge in [0.25, 0.3) is 0 Å². The van der Waals surface area contributed by atoms with E-state index in [0.29, 0.717) is 11.6 Å². The van der Waals surface area contributed by atoms with Gasteiger partial charge in [0.1, 0.15) is 5.82 Å². The van der Waals surface area contributed by atoms with Gasteiger partial charge in [0.05, 0.1) is 24.6 Å². The van der Waals surface area contributed by atoms with Gasteiger partial charge in [-0.2, -0.15) is 26.3 Å². The molecule has 0 heterocycles. The van der Waals surface area contributed by atoms with Crippen LogP contribution >= 0.6 is 0 Å². The molecule has 0 saturated heterocycles. The van der Waals surface area contributed by atoms with Gasteiger partial charge in [0, 0.05) is 12.8 Å². The molecule has 1 atom stereocenters. The van der Waals surface area contributed by atoms with Crippen LogP contribution in [0.15, 0.2) is 66.7 Å². The molecule has 0 spiro atoms. The van der Waals surface area contributed by atoms with E-state index in [1.54, 1.807) is 30.3 Å². The van der Waals surface area contributed by atoms with Gasteiger partial charge in [0.15, 0.2) is 11.6 Å². The maximum atomic E-state index is 14.5. The number of ether oxygens (including phenoxy) is 1. The first-order valence-electron chi connectivity index (χ1n) is 10.9. The van der Waals surface area contributed by atoms with Crippen molar-refractivity contribution < 1.29 is 44.7 Å². The number of alkyl halides is 6. The maximum absolute atomic E-state index is 14.5. The first-order chi connectivity index (χ1) is 17.2. The van der Waals surface area contributed by atoms with E-state index in [2.05, 4.69) is 5.32 Å². The van der Waals surface area contributed by atoms with Gasteiger partial charge in [-0.1, -0.05) is 36.4 Å². The summed E-state index contributed by atoms with van der Waals surface area (Å²) in [4.78, 5) is 12.8. The SMILES string of the molecule is COc1cc(C(Cc2ccccc2)(NC(=O)CCC(F)(F)F)c2cc(F)cc(C(F)(F)F)c2)ccc1F. The zero-order valence-electron chi connectivity index (χ0n) is 19.3. The first kappa shape index (κ1) is 27.9. The van der Waals surface area contributed by atoms with Crippen molar-refractivity contribution in [2.45, 2.75) is 37.2 Å². The lowest BCUT2D eigenvalue weighted by Crippen LogP contribution is -2.49. The van der Waals surface area contributed by atoms with E-state index < -0.39 is 59.4 Å². The first-order valence-corrected chi connectivity index (χ1v) is 10.9. The lowest BCUT2D eigenvalue weighted by molar-refractivity contribution is -0.144. The van der Waals surface area contributed by atoms with E-state index >= 15 is 0 Å². The molecule has 0 aliphatic carbocycles. The van der Waals surface area contributed by atoms with Crippen molar-refractivity contribution in [2.24, 2.45) is 0 Å². The van der Waals surface area contributed by atoms with Crippen LogP contribution in [0.4, 0.5) is 35.1 Å². The molecule has 1 unspecified atom stereocenters. The van der Waals surface area contributed by atoms with Gasteiger partial charge < -0.3 is 10.1 Å². The molecule has 1 amide bonds. The molecule has 11 heteroatoms. The summed E-state index contributed by atoms with van der Waals surface area (Å²) in [6.45, 7) is 0. The zero-order chi connectivity index (χ0) is 27.4. The highest BCUT2D eigenvalue weighted by atomic mass is 19.4. The minimum Gasteiger partial charge on any atom is -0.494 e. The number of amides is 1. The highest BCUT2D eigenvalue weighted by molar-refractivity contribution is 5.78. The van der Waals surface area contributed by atoms with Crippen molar-refractivity contribution in [1.29, 1.82) is 0 Å². The van der Waals surface area contributed by atoms with Gasteiger partial charge in [-0.15, -0.1) is 0 Å². The molecule has 198 valence electrons. The van der Waals surface area contributed by atoms with Crippen LogP contribution in [0.3, 0.4) is 0 Å². The molecular formula is C26H21F8NO2. The smallest absolute Gasteiger partial charge is 0.416 e. The molecule has 0 saturated carbocycles. The minimum absolute atomic E-state index is 0.0336. The Bertz CT molecular complexity index is 1240. The molecule has 3 nitrogen and oxygen atoms in total. The predicted octanol–water partition coefficient (Wildman–Crippen LogP) is 6.94. The summed E-state index contributed by atoms with van der Waals surface area (Å²) in [5.41, 5.74) is -3.41. The number of methoxy groups -OCH3 is 1. The standard InChI is InChI=1S/C26H21F8NO2/c1-37-22-14-17(7-8-21(22)28)24(15-16-5-3-2-4-6-16,35-23(36)9-10-25(29,30)31)18-11-19(26(32,33)34)13-20(27)12-18/h2-8,11-14H,9-10,15H2,1H3,(H,35,36). The Hall–Kier alpha value is -3.63. The molecule has 0 aliphatic rings. The number of benzene rings is 3. The molecule has 0 aromatic heterocycles. The van der Waals surface area contributed by atoms with Crippen LogP contribution in [0, 0.1) is 11.6 Å². The number of nitrogens with one attached hydrogen (secondary N) is 1. The normalized spacial score (nSPS) is 13.6. The molecular weight excluding hydrogens is 510 g/mol. The largest absolute Gasteiger partial charge is 0.494 e. The van der Waals surface area contributed by atoms with Crippen LogP contribution in [0.2, 0.25) is 0 Å². The number of rotatable bonds is 8. The number of hydrogen-bond donors (Lipinski definition) is 1. The lowest BCUT2D eigenvalue weighted by atomic mass is 9.77. The van der Waals surface area contributed by atoms with Crippen LogP contribution in [-0.2, 0) is 22.9 Å². The van der Waals surface area contributed by atoms with Crippen molar-refractivity contribution in [3.63, 3.8) is 0 Å². The monoisotopic (exact) mass is 531 g/mol. The Morgan fingerprint density at radius 3 is 2.08 bits per heavy atom. The number of carbonyl (C=O) groups excluding carboxylic acids is 1. The summed E-state index contributed by atoms with van der Waals surface area (Å²) in [7, 11) is 1.13. The average Bonchev–Trinajstić information content (AvgIpc) is 2.82. The quantitative estimate of drug-likeness (QED) is 0.320. The molecule has 3 aromatic rings. The second-order valence-corrected chi connectivity index (χ2v) is 8.31. The second-order valence-electron chi connectivity index (χ2n) is 8.31. The Labute approximate surface area is 207 Å². The van der Waals surface area contributed by atoms with Gasteiger partial charge in [0.2, 0.25) is 5.91 Å². The molecule has 1 N–H and O–H groups in total. The summed E-state index contributed by atoms with van der Waals surface area (Å²) in [5, 5.41) is 2.41. The highest BCUT2D eigenvalue weighted by Gasteiger charge is 2.41. The fourth-order valence-corrected chi connectivity index (χ4v) is 3.94. The summed E-state index contributed by atoms with van der Waals surface area (Å²) >= 11 is 0. The van der Waals surface area contributed by atoms with Crippen molar-refractivity contribution in [3.8, 4) is 5.75 Å². The van der Waals surface area contributed by atoms with Crippen LogP contribution in [0.5, 0.6) is 5.75 Å². The van der Waals surface area contributed by atoms with Crippen molar-refractivity contribution in [2.75, 3.05) is 7.11 Å². The van der Waals surface area contributed by atoms with Crippen molar-refractivity contribution >= 4 is 5.91 Å². The molecule has 3 rings (SSSR count). The van der Waals surface area contributed by atoms with E-state index in [1.165, 1.54) is 0 Å². The third kappa shape index (κ3) is 6.99. The summed E-state index contributed by atoms with van der Waals surface area (Å²) < 4.78 is 113. The minimum atomic E-state index is -4.98. The van der Waals surface area contributed by atoms with E-state index in [4.69, 9.17) is 4.74 Å². The highest BCUT2D eigenvalue weighted by Crippen LogP contribution is 2.40. The molecule has 37 heavy (non-hydrogen) atoms. The van der Waals surface area contributed by atoms with E-state index in [9.17, 15) is 39.9 Å². The second kappa shape index (κ2) is 10.8. The zero-order valence-corrected chi connectivity index (χ0v) is 19.3. The van der Waals surface area contributed by atoms with E-state index in [-0.39, 0.29) is 23.8 Å². The Kier molecular flexibility index (Phi) is 8.14. The fourth-order valence-electron chi connectivity index (χ4n) is 3.94. The van der Waals surface area contributed by atoms with Crippen LogP contribution < -0.4 is 10.1 Å². The van der Waals surface area contributed by atoms with Gasteiger partial charge >= 0.3 is 12.4 Å². The topological polar surface area (TPSA) is 38.3 Å². The lowest BCUT2D eigenvalue weighted by Gasteiger charge is -2.37. The summed E-state index contributed by atoms with van der Waals surface area (Å²) in [6.07, 6.45) is -12.5. The third-order valence-electron chi connectivity index (χ3n) is 5.66. The molecule has 0 fully saturated rings. The molecule has 3 aromatic carbocycles. The van der Waals surface area contributed by atoms with Gasteiger partial charge in [-0.25, -0.2) is 8.78 Å². The number of halogens is 8. The van der Waals surface area contributed by atoms with E-state index in [0.717, 1.165) is 31.4 Å². The Morgan fingerprint density at radius 1 is 0.838 bits per heavy atom. The van der Waals surface area contributed by atoms with Crippen LogP contribution in [0.25, 0.3) is 0 Å². The average molecular weight is 531 g/mol.